The molecule has 20 heavy (non-hydrogen) atoms. The molecule has 1 saturated heterocycles. The van der Waals surface area contributed by atoms with Gasteiger partial charge in [-0.3, -0.25) is 4.79 Å². The molecule has 4 heteroatoms. The Morgan fingerprint density at radius 1 is 1.35 bits per heavy atom. The number of hydrogen-bond acceptors (Lipinski definition) is 2. The van der Waals surface area contributed by atoms with Gasteiger partial charge >= 0.3 is 0 Å². The maximum atomic E-state index is 12.4. The third-order valence-corrected chi connectivity index (χ3v) is 4.25. The SMILES string of the molecule is CCOc1ccc(C(=O)N2CCC(C(C)Cl)CC2)cc1. The molecule has 0 spiro atoms. The molecular weight excluding hydrogens is 274 g/mol. The van der Waals surface area contributed by atoms with Gasteiger partial charge in [-0.25, -0.2) is 0 Å². The van der Waals surface area contributed by atoms with Crippen LogP contribution in [0.4, 0.5) is 0 Å². The number of ether oxygens (including phenoxy) is 1. The summed E-state index contributed by atoms with van der Waals surface area (Å²) in [7, 11) is 0. The van der Waals surface area contributed by atoms with Crippen LogP contribution < -0.4 is 4.74 Å². The van der Waals surface area contributed by atoms with E-state index in [1.165, 1.54) is 0 Å². The lowest BCUT2D eigenvalue weighted by Crippen LogP contribution is -2.40. The Balaban J connectivity index is 1.94. The van der Waals surface area contributed by atoms with Crippen molar-refractivity contribution < 1.29 is 9.53 Å². The number of likely N-dealkylation sites (tertiary alicyclic amines) is 1. The van der Waals surface area contributed by atoms with Crippen LogP contribution >= 0.6 is 11.6 Å². The number of piperidine rings is 1. The Morgan fingerprint density at radius 3 is 2.45 bits per heavy atom. The first-order valence-corrected chi connectivity index (χ1v) is 7.71. The first-order valence-electron chi connectivity index (χ1n) is 7.28. The number of carbonyl (C=O) groups excluding carboxylic acids is 1. The maximum Gasteiger partial charge on any atom is 0.253 e. The van der Waals surface area contributed by atoms with Gasteiger partial charge in [0, 0.05) is 24.0 Å². The monoisotopic (exact) mass is 295 g/mol. The number of benzene rings is 1. The lowest BCUT2D eigenvalue weighted by Gasteiger charge is -2.33. The predicted molar refractivity (Wildman–Crippen MR) is 81.6 cm³/mol. The van der Waals surface area contributed by atoms with Gasteiger partial charge in [-0.15, -0.1) is 11.6 Å². The van der Waals surface area contributed by atoms with E-state index in [4.69, 9.17) is 16.3 Å². The van der Waals surface area contributed by atoms with E-state index in [-0.39, 0.29) is 11.3 Å². The normalized spacial score (nSPS) is 17.9. The molecule has 1 fully saturated rings. The van der Waals surface area contributed by atoms with E-state index in [1.54, 1.807) is 0 Å². The Bertz CT molecular complexity index is 436. The molecule has 1 aliphatic rings. The quantitative estimate of drug-likeness (QED) is 0.795. The molecule has 0 saturated carbocycles. The zero-order valence-electron chi connectivity index (χ0n) is 12.1. The van der Waals surface area contributed by atoms with Crippen molar-refractivity contribution in [1.82, 2.24) is 4.90 Å². The van der Waals surface area contributed by atoms with Crippen molar-refractivity contribution in [2.45, 2.75) is 32.1 Å². The molecule has 0 aromatic heterocycles. The lowest BCUT2D eigenvalue weighted by atomic mass is 9.93. The molecule has 1 aliphatic heterocycles. The number of nitrogens with zero attached hydrogens (tertiary/aromatic N) is 1. The van der Waals surface area contributed by atoms with E-state index in [0.29, 0.717) is 12.5 Å². The van der Waals surface area contributed by atoms with Crippen LogP contribution in [0.5, 0.6) is 5.75 Å². The summed E-state index contributed by atoms with van der Waals surface area (Å²) in [6, 6.07) is 7.38. The van der Waals surface area contributed by atoms with E-state index in [1.807, 2.05) is 43.0 Å². The Morgan fingerprint density at radius 2 is 1.95 bits per heavy atom. The number of halogens is 1. The van der Waals surface area contributed by atoms with Crippen molar-refractivity contribution in [3.05, 3.63) is 29.8 Å². The van der Waals surface area contributed by atoms with Crippen LogP contribution in [0, 0.1) is 5.92 Å². The van der Waals surface area contributed by atoms with Crippen LogP contribution in [0.2, 0.25) is 0 Å². The molecule has 0 N–H and O–H groups in total. The van der Waals surface area contributed by atoms with Gasteiger partial charge < -0.3 is 9.64 Å². The summed E-state index contributed by atoms with van der Waals surface area (Å²) in [5.41, 5.74) is 0.728. The average Bonchev–Trinajstić information content (AvgIpc) is 2.48. The molecule has 2 rings (SSSR count). The van der Waals surface area contributed by atoms with Crippen LogP contribution in [-0.2, 0) is 0 Å². The minimum Gasteiger partial charge on any atom is -0.494 e. The fourth-order valence-corrected chi connectivity index (χ4v) is 2.86. The van der Waals surface area contributed by atoms with Gasteiger partial charge in [0.05, 0.1) is 6.61 Å². The third kappa shape index (κ3) is 3.66. The van der Waals surface area contributed by atoms with Gasteiger partial charge in [0.15, 0.2) is 0 Å². The second kappa shape index (κ2) is 6.98. The fourth-order valence-electron chi connectivity index (χ4n) is 2.60. The summed E-state index contributed by atoms with van der Waals surface area (Å²) >= 11 is 6.13. The summed E-state index contributed by atoms with van der Waals surface area (Å²) in [5.74, 6) is 1.44. The van der Waals surface area contributed by atoms with Crippen molar-refractivity contribution >= 4 is 17.5 Å². The van der Waals surface area contributed by atoms with Crippen LogP contribution in [0.1, 0.15) is 37.0 Å². The van der Waals surface area contributed by atoms with Crippen molar-refractivity contribution in [3.8, 4) is 5.75 Å². The smallest absolute Gasteiger partial charge is 0.253 e. The van der Waals surface area contributed by atoms with Crippen molar-refractivity contribution in [3.63, 3.8) is 0 Å². The molecule has 1 amide bonds. The average molecular weight is 296 g/mol. The highest BCUT2D eigenvalue weighted by Gasteiger charge is 2.25. The van der Waals surface area contributed by atoms with Crippen LogP contribution in [0.15, 0.2) is 24.3 Å². The van der Waals surface area contributed by atoms with Gasteiger partial charge in [-0.2, -0.15) is 0 Å². The summed E-state index contributed by atoms with van der Waals surface area (Å²) in [5, 5.41) is 0.192. The molecule has 110 valence electrons. The molecule has 1 aromatic rings. The molecule has 1 aromatic carbocycles. The number of rotatable bonds is 4. The van der Waals surface area contributed by atoms with Crippen molar-refractivity contribution in [2.75, 3.05) is 19.7 Å². The number of amides is 1. The summed E-state index contributed by atoms with van der Waals surface area (Å²) in [6.45, 7) is 6.22. The van der Waals surface area contributed by atoms with E-state index >= 15 is 0 Å². The molecule has 1 unspecified atom stereocenters. The summed E-state index contributed by atoms with van der Waals surface area (Å²) in [6.07, 6.45) is 1.99. The molecule has 0 aliphatic carbocycles. The number of hydrogen-bond donors (Lipinski definition) is 0. The van der Waals surface area contributed by atoms with Gasteiger partial charge in [0.1, 0.15) is 5.75 Å². The molecule has 1 atom stereocenters. The second-order valence-electron chi connectivity index (χ2n) is 5.26. The minimum atomic E-state index is 0.105. The van der Waals surface area contributed by atoms with Gasteiger partial charge in [0.2, 0.25) is 0 Å². The largest absolute Gasteiger partial charge is 0.494 e. The van der Waals surface area contributed by atoms with Crippen LogP contribution in [0.25, 0.3) is 0 Å². The van der Waals surface area contributed by atoms with Gasteiger partial charge in [0.25, 0.3) is 5.91 Å². The fraction of sp³-hybridized carbons (Fsp3) is 0.562. The molecular formula is C16H22ClNO2. The van der Waals surface area contributed by atoms with Crippen molar-refractivity contribution in [1.29, 1.82) is 0 Å². The van der Waals surface area contributed by atoms with Crippen LogP contribution in [0.3, 0.4) is 0 Å². The molecule has 0 radical (unpaired) electrons. The zero-order chi connectivity index (χ0) is 14.5. The molecule has 1 heterocycles. The number of alkyl halides is 1. The standard InChI is InChI=1S/C16H22ClNO2/c1-3-20-15-6-4-14(5-7-15)16(19)18-10-8-13(9-11-18)12(2)17/h4-7,12-13H,3,8-11H2,1-2H3. The Kier molecular flexibility index (Phi) is 5.30. The Labute approximate surface area is 125 Å². The zero-order valence-corrected chi connectivity index (χ0v) is 12.9. The highest BCUT2D eigenvalue weighted by molar-refractivity contribution is 6.20. The van der Waals surface area contributed by atoms with E-state index in [2.05, 4.69) is 0 Å². The highest BCUT2D eigenvalue weighted by Crippen LogP contribution is 2.25. The molecule has 0 bridgehead atoms. The maximum absolute atomic E-state index is 12.4. The van der Waals surface area contributed by atoms with Gasteiger partial charge in [-0.05, 0) is 56.9 Å². The van der Waals surface area contributed by atoms with Crippen molar-refractivity contribution in [2.24, 2.45) is 5.92 Å². The first-order chi connectivity index (χ1) is 9.61. The topological polar surface area (TPSA) is 29.5 Å². The number of carbonyl (C=O) groups is 1. The minimum absolute atomic E-state index is 0.105. The van der Waals surface area contributed by atoms with Gasteiger partial charge in [-0.1, -0.05) is 0 Å². The Hall–Kier alpha value is -1.22. The van der Waals surface area contributed by atoms with E-state index in [0.717, 1.165) is 37.2 Å². The van der Waals surface area contributed by atoms with Crippen LogP contribution in [-0.4, -0.2) is 35.9 Å². The highest BCUT2D eigenvalue weighted by atomic mass is 35.5. The first kappa shape index (κ1) is 15.2. The summed E-state index contributed by atoms with van der Waals surface area (Å²) < 4.78 is 5.39. The third-order valence-electron chi connectivity index (χ3n) is 3.89. The second-order valence-corrected chi connectivity index (χ2v) is 5.95. The van der Waals surface area contributed by atoms with E-state index < -0.39 is 0 Å². The van der Waals surface area contributed by atoms with E-state index in [9.17, 15) is 4.79 Å². The predicted octanol–water partition coefficient (Wildman–Crippen LogP) is 3.56. The lowest BCUT2D eigenvalue weighted by molar-refractivity contribution is 0.0690. The molecule has 3 nitrogen and oxygen atoms in total. The summed E-state index contributed by atoms with van der Waals surface area (Å²) in [4.78, 5) is 14.3.